The van der Waals surface area contributed by atoms with Crippen molar-refractivity contribution >= 4 is 27.3 Å². The molecule has 0 atom stereocenters. The van der Waals surface area contributed by atoms with Gasteiger partial charge in [0.15, 0.2) is 5.82 Å². The van der Waals surface area contributed by atoms with Crippen LogP contribution >= 0.6 is 0 Å². The first kappa shape index (κ1) is 12.5. The van der Waals surface area contributed by atoms with E-state index in [1.807, 2.05) is 0 Å². The van der Waals surface area contributed by atoms with E-state index < -0.39 is 10.0 Å². The van der Waals surface area contributed by atoms with Crippen LogP contribution in [0, 0.1) is 0 Å². The average Bonchev–Trinajstić information content (AvgIpc) is 2.92. The van der Waals surface area contributed by atoms with Crippen molar-refractivity contribution in [2.24, 2.45) is 7.05 Å². The number of hydrogen-bond acceptors (Lipinski definition) is 5. The van der Waals surface area contributed by atoms with Crippen LogP contribution in [0.3, 0.4) is 0 Å². The predicted molar refractivity (Wildman–Crippen MR) is 73.6 cm³/mol. The van der Waals surface area contributed by atoms with E-state index in [2.05, 4.69) is 14.8 Å². The molecular weight excluding hydrogens is 280 g/mol. The van der Waals surface area contributed by atoms with Crippen LogP contribution in [-0.4, -0.2) is 27.6 Å². The summed E-state index contributed by atoms with van der Waals surface area (Å²) in [6, 6.07) is 6.69. The predicted octanol–water partition coefficient (Wildman–Crippen LogP) is 0.451. The monoisotopic (exact) mass is 292 g/mol. The standard InChI is InChI=1S/C11H12N6O2S/c1-16-9(5-6-13-16)15-20(18,19)11-10(12)14-8-4-2-3-7-17(8)11/h2-7,15H,12H2,1H3. The summed E-state index contributed by atoms with van der Waals surface area (Å²) >= 11 is 0. The molecule has 0 amide bonds. The summed E-state index contributed by atoms with van der Waals surface area (Å²) in [6.07, 6.45) is 3.09. The SMILES string of the molecule is Cn1nccc1NS(=O)(=O)c1c(N)nc2ccccn12. The van der Waals surface area contributed by atoms with Crippen molar-refractivity contribution in [3.8, 4) is 0 Å². The number of nitrogens with two attached hydrogens (primary N) is 1. The van der Waals surface area contributed by atoms with Gasteiger partial charge in [0.25, 0.3) is 10.0 Å². The number of pyridine rings is 1. The number of rotatable bonds is 3. The number of fused-ring (bicyclic) bond motifs is 1. The van der Waals surface area contributed by atoms with Gasteiger partial charge in [0.2, 0.25) is 5.03 Å². The molecule has 8 nitrogen and oxygen atoms in total. The maximum Gasteiger partial charge on any atom is 0.282 e. The van der Waals surface area contributed by atoms with Crippen molar-refractivity contribution in [3.05, 3.63) is 36.7 Å². The molecule has 0 aliphatic heterocycles. The largest absolute Gasteiger partial charge is 0.381 e. The van der Waals surface area contributed by atoms with E-state index in [0.29, 0.717) is 11.5 Å². The summed E-state index contributed by atoms with van der Waals surface area (Å²) in [5.74, 6) is 0.293. The summed E-state index contributed by atoms with van der Waals surface area (Å²) in [5.41, 5.74) is 6.20. The van der Waals surface area contributed by atoms with Gasteiger partial charge in [-0.05, 0) is 12.1 Å². The lowest BCUT2D eigenvalue weighted by Gasteiger charge is -2.08. The number of hydrogen-bond donors (Lipinski definition) is 2. The molecule has 104 valence electrons. The van der Waals surface area contributed by atoms with Crippen LogP contribution in [-0.2, 0) is 17.1 Å². The lowest BCUT2D eigenvalue weighted by Crippen LogP contribution is -2.18. The maximum atomic E-state index is 12.5. The Balaban J connectivity index is 2.14. The van der Waals surface area contributed by atoms with Gasteiger partial charge < -0.3 is 5.73 Å². The molecular formula is C11H12N6O2S. The topological polar surface area (TPSA) is 107 Å². The molecule has 3 N–H and O–H groups in total. The second kappa shape index (κ2) is 4.23. The Hall–Kier alpha value is -2.55. The molecule has 0 aliphatic carbocycles. The molecule has 0 saturated heterocycles. The van der Waals surface area contributed by atoms with Crippen molar-refractivity contribution < 1.29 is 8.42 Å². The molecule has 0 fully saturated rings. The quantitative estimate of drug-likeness (QED) is 0.729. The van der Waals surface area contributed by atoms with Crippen molar-refractivity contribution in [3.63, 3.8) is 0 Å². The summed E-state index contributed by atoms with van der Waals surface area (Å²) in [5, 5.41) is 3.81. The van der Waals surface area contributed by atoms with Gasteiger partial charge in [-0.2, -0.15) is 13.5 Å². The fourth-order valence-electron chi connectivity index (χ4n) is 1.92. The fourth-order valence-corrected chi connectivity index (χ4v) is 3.23. The van der Waals surface area contributed by atoms with Gasteiger partial charge in [-0.3, -0.25) is 13.8 Å². The highest BCUT2D eigenvalue weighted by Gasteiger charge is 2.24. The average molecular weight is 292 g/mol. The molecule has 0 bridgehead atoms. The molecule has 0 spiro atoms. The highest BCUT2D eigenvalue weighted by Crippen LogP contribution is 2.22. The van der Waals surface area contributed by atoms with Crippen LogP contribution in [0.2, 0.25) is 0 Å². The highest BCUT2D eigenvalue weighted by atomic mass is 32.2. The van der Waals surface area contributed by atoms with Gasteiger partial charge in [0, 0.05) is 19.3 Å². The number of aromatic nitrogens is 4. The maximum absolute atomic E-state index is 12.5. The zero-order chi connectivity index (χ0) is 14.3. The van der Waals surface area contributed by atoms with Crippen LogP contribution in [0.5, 0.6) is 0 Å². The van der Waals surface area contributed by atoms with Crippen molar-refractivity contribution in [2.75, 3.05) is 10.5 Å². The molecule has 3 rings (SSSR count). The summed E-state index contributed by atoms with van der Waals surface area (Å²) < 4.78 is 30.2. The molecule has 3 heterocycles. The summed E-state index contributed by atoms with van der Waals surface area (Å²) in [4.78, 5) is 4.03. The smallest absolute Gasteiger partial charge is 0.282 e. The molecule has 0 unspecified atom stereocenters. The van der Waals surface area contributed by atoms with E-state index in [9.17, 15) is 8.42 Å². The van der Waals surface area contributed by atoms with E-state index in [1.54, 1.807) is 37.5 Å². The minimum absolute atomic E-state index is 0.0501. The van der Waals surface area contributed by atoms with Crippen molar-refractivity contribution in [1.82, 2.24) is 19.2 Å². The minimum atomic E-state index is -3.86. The Labute approximate surface area is 114 Å². The van der Waals surface area contributed by atoms with Crippen LogP contribution in [0.25, 0.3) is 5.65 Å². The van der Waals surface area contributed by atoms with Gasteiger partial charge in [0.05, 0.1) is 6.20 Å². The Morgan fingerprint density at radius 2 is 2.10 bits per heavy atom. The van der Waals surface area contributed by atoms with E-state index >= 15 is 0 Å². The van der Waals surface area contributed by atoms with Gasteiger partial charge in [-0.1, -0.05) is 6.07 Å². The zero-order valence-electron chi connectivity index (χ0n) is 10.6. The van der Waals surface area contributed by atoms with E-state index in [-0.39, 0.29) is 10.8 Å². The second-order valence-electron chi connectivity index (χ2n) is 4.18. The Bertz CT molecular complexity index is 879. The molecule has 3 aromatic heterocycles. The third kappa shape index (κ3) is 1.88. The first-order valence-corrected chi connectivity index (χ1v) is 7.21. The molecule has 3 aromatic rings. The van der Waals surface area contributed by atoms with Crippen LogP contribution in [0.15, 0.2) is 41.7 Å². The van der Waals surface area contributed by atoms with Crippen LogP contribution < -0.4 is 10.5 Å². The Kier molecular flexibility index (Phi) is 2.64. The zero-order valence-corrected chi connectivity index (χ0v) is 11.4. The minimum Gasteiger partial charge on any atom is -0.381 e. The number of imidazole rings is 1. The van der Waals surface area contributed by atoms with E-state index in [0.717, 1.165) is 0 Å². The lowest BCUT2D eigenvalue weighted by atomic mass is 10.5. The van der Waals surface area contributed by atoms with E-state index in [1.165, 1.54) is 15.3 Å². The third-order valence-corrected chi connectivity index (χ3v) is 4.22. The number of nitrogens with one attached hydrogen (secondary N) is 1. The summed E-state index contributed by atoms with van der Waals surface area (Å²) in [7, 11) is -2.22. The molecule has 0 aromatic carbocycles. The first-order valence-electron chi connectivity index (χ1n) is 5.72. The Morgan fingerprint density at radius 1 is 1.30 bits per heavy atom. The molecule has 9 heteroatoms. The molecule has 20 heavy (non-hydrogen) atoms. The Morgan fingerprint density at radius 3 is 2.80 bits per heavy atom. The van der Waals surface area contributed by atoms with E-state index in [4.69, 9.17) is 5.73 Å². The first-order chi connectivity index (χ1) is 9.49. The van der Waals surface area contributed by atoms with Gasteiger partial charge >= 0.3 is 0 Å². The number of nitrogens with zero attached hydrogens (tertiary/aromatic N) is 4. The lowest BCUT2D eigenvalue weighted by molar-refractivity contribution is 0.596. The summed E-state index contributed by atoms with van der Waals surface area (Å²) in [6.45, 7) is 0. The molecule has 0 saturated carbocycles. The molecule has 0 radical (unpaired) electrons. The third-order valence-electron chi connectivity index (χ3n) is 2.83. The molecule has 0 aliphatic rings. The number of anilines is 2. The fraction of sp³-hybridized carbons (Fsp3) is 0.0909. The number of aryl methyl sites for hydroxylation is 1. The number of nitrogen functional groups attached to an aromatic ring is 1. The van der Waals surface area contributed by atoms with Gasteiger partial charge in [-0.25, -0.2) is 4.98 Å². The normalized spacial score (nSPS) is 11.8. The number of sulfonamides is 1. The van der Waals surface area contributed by atoms with Crippen molar-refractivity contribution in [2.45, 2.75) is 5.03 Å². The van der Waals surface area contributed by atoms with Crippen molar-refractivity contribution in [1.29, 1.82) is 0 Å². The van der Waals surface area contributed by atoms with Gasteiger partial charge in [0.1, 0.15) is 11.5 Å². The highest BCUT2D eigenvalue weighted by molar-refractivity contribution is 7.92. The van der Waals surface area contributed by atoms with Crippen LogP contribution in [0.1, 0.15) is 0 Å². The second-order valence-corrected chi connectivity index (χ2v) is 5.77. The van der Waals surface area contributed by atoms with Gasteiger partial charge in [-0.15, -0.1) is 0 Å². The van der Waals surface area contributed by atoms with Crippen LogP contribution in [0.4, 0.5) is 11.6 Å².